The summed E-state index contributed by atoms with van der Waals surface area (Å²) >= 11 is 0. The first-order valence-corrected chi connectivity index (χ1v) is 7.98. The van der Waals surface area contributed by atoms with Crippen LogP contribution in [0, 0.1) is 32.1 Å². The molecule has 0 saturated carbocycles. The number of benzene rings is 2. The second-order valence-electron chi connectivity index (χ2n) is 5.96. The Morgan fingerprint density at radius 3 is 2.31 bits per heavy atom. The van der Waals surface area contributed by atoms with Crippen molar-refractivity contribution in [3.63, 3.8) is 0 Å². The van der Waals surface area contributed by atoms with Crippen molar-refractivity contribution < 1.29 is 9.59 Å². The van der Waals surface area contributed by atoms with Gasteiger partial charge in [-0.15, -0.1) is 0 Å². The number of nitrogens with two attached hydrogens (primary N) is 1. The highest BCUT2D eigenvalue weighted by Crippen LogP contribution is 2.22. The largest absolute Gasteiger partial charge is 0.398 e. The summed E-state index contributed by atoms with van der Waals surface area (Å²) in [4.78, 5) is 24.5. The number of carbonyl (C=O) groups excluding carboxylic acids is 2. The molecule has 4 N–H and O–H groups in total. The van der Waals surface area contributed by atoms with E-state index in [0.29, 0.717) is 11.4 Å². The van der Waals surface area contributed by atoms with Gasteiger partial charge in [0.15, 0.2) is 0 Å². The van der Waals surface area contributed by atoms with Gasteiger partial charge < -0.3 is 16.4 Å². The highest BCUT2D eigenvalue weighted by Gasteiger charge is 2.14. The number of hydrogen-bond acceptors (Lipinski definition) is 4. The van der Waals surface area contributed by atoms with Crippen LogP contribution in [-0.2, 0) is 4.79 Å². The van der Waals surface area contributed by atoms with Gasteiger partial charge in [-0.1, -0.05) is 29.8 Å². The summed E-state index contributed by atoms with van der Waals surface area (Å²) in [5, 5.41) is 14.4. The van der Waals surface area contributed by atoms with E-state index in [1.807, 2.05) is 32.9 Å². The zero-order valence-corrected chi connectivity index (χ0v) is 14.9. The fraction of sp³-hybridized carbons (Fsp3) is 0.150. The molecule has 2 rings (SSSR count). The summed E-state index contributed by atoms with van der Waals surface area (Å²) in [5.74, 6) is -1.09. The molecule has 0 aromatic heterocycles. The summed E-state index contributed by atoms with van der Waals surface area (Å²) in [6.45, 7) is 5.73. The zero-order valence-electron chi connectivity index (χ0n) is 14.9. The van der Waals surface area contributed by atoms with E-state index in [4.69, 9.17) is 5.73 Å². The van der Waals surface area contributed by atoms with Gasteiger partial charge in [-0.3, -0.25) is 9.59 Å². The predicted octanol–water partition coefficient (Wildman–Crippen LogP) is 2.97. The first-order valence-electron chi connectivity index (χ1n) is 7.98. The second-order valence-corrected chi connectivity index (χ2v) is 5.96. The second kappa shape index (κ2) is 7.99. The van der Waals surface area contributed by atoms with Gasteiger partial charge in [-0.25, -0.2) is 0 Å². The summed E-state index contributed by atoms with van der Waals surface area (Å²) < 4.78 is 0. The Morgan fingerprint density at radius 1 is 1.12 bits per heavy atom. The molecule has 0 bridgehead atoms. The minimum absolute atomic E-state index is 0.216. The van der Waals surface area contributed by atoms with Crippen LogP contribution in [0.25, 0.3) is 0 Å². The average molecular weight is 348 g/mol. The number of nitriles is 1. The lowest BCUT2D eigenvalue weighted by Gasteiger charge is -2.12. The van der Waals surface area contributed by atoms with Gasteiger partial charge in [-0.05, 0) is 44.0 Å². The smallest absolute Gasteiger partial charge is 0.267 e. The van der Waals surface area contributed by atoms with Crippen LogP contribution in [0.2, 0.25) is 0 Å². The molecule has 0 atom stereocenters. The molecular weight excluding hydrogens is 328 g/mol. The van der Waals surface area contributed by atoms with Crippen molar-refractivity contribution in [3.05, 3.63) is 70.4 Å². The third-order valence-electron chi connectivity index (χ3n) is 3.83. The minimum Gasteiger partial charge on any atom is -0.398 e. The molecule has 26 heavy (non-hydrogen) atoms. The number of amides is 2. The van der Waals surface area contributed by atoms with Gasteiger partial charge in [0.2, 0.25) is 0 Å². The van der Waals surface area contributed by atoms with E-state index in [9.17, 15) is 14.9 Å². The molecule has 132 valence electrons. The van der Waals surface area contributed by atoms with Gasteiger partial charge in [0.25, 0.3) is 11.8 Å². The monoisotopic (exact) mass is 348 g/mol. The fourth-order valence-corrected chi connectivity index (χ4v) is 2.63. The summed E-state index contributed by atoms with van der Waals surface area (Å²) in [6.07, 6.45) is 1.09. The van der Waals surface area contributed by atoms with E-state index in [1.54, 1.807) is 30.3 Å². The maximum atomic E-state index is 12.4. The van der Waals surface area contributed by atoms with E-state index < -0.39 is 11.8 Å². The van der Waals surface area contributed by atoms with Crippen LogP contribution in [0.5, 0.6) is 0 Å². The van der Waals surface area contributed by atoms with Crippen molar-refractivity contribution in [1.29, 1.82) is 5.26 Å². The van der Waals surface area contributed by atoms with E-state index >= 15 is 0 Å². The van der Waals surface area contributed by atoms with Crippen molar-refractivity contribution in [3.8, 4) is 6.07 Å². The molecule has 0 radical (unpaired) electrons. The average Bonchev–Trinajstić information content (AvgIpc) is 2.58. The van der Waals surface area contributed by atoms with Crippen LogP contribution >= 0.6 is 0 Å². The number of rotatable bonds is 4. The van der Waals surface area contributed by atoms with E-state index in [1.165, 1.54) is 0 Å². The number of para-hydroxylation sites is 1. The lowest BCUT2D eigenvalue weighted by Crippen LogP contribution is -2.22. The molecule has 0 unspecified atom stereocenters. The SMILES string of the molecule is Cc1cc(C)c(NC(=O)/C(C#N)=C\NC(=O)c2ccccc2N)c(C)c1. The number of nitrogens with one attached hydrogen (secondary N) is 2. The maximum Gasteiger partial charge on any atom is 0.267 e. The van der Waals surface area contributed by atoms with Crippen LogP contribution in [-0.4, -0.2) is 11.8 Å². The summed E-state index contributed by atoms with van der Waals surface area (Å²) in [5.41, 5.74) is 9.64. The fourth-order valence-electron chi connectivity index (χ4n) is 2.63. The van der Waals surface area contributed by atoms with E-state index in [2.05, 4.69) is 10.6 Å². The Labute approximate surface area is 152 Å². The van der Waals surface area contributed by atoms with Crippen LogP contribution in [0.1, 0.15) is 27.0 Å². The Kier molecular flexibility index (Phi) is 5.76. The van der Waals surface area contributed by atoms with Crippen LogP contribution in [0.4, 0.5) is 11.4 Å². The number of carbonyl (C=O) groups is 2. The van der Waals surface area contributed by atoms with Crippen molar-refractivity contribution >= 4 is 23.2 Å². The molecule has 0 fully saturated rings. The number of anilines is 2. The number of nitrogen functional groups attached to an aromatic ring is 1. The normalized spacial score (nSPS) is 10.8. The van der Waals surface area contributed by atoms with E-state index in [-0.39, 0.29) is 11.1 Å². The molecule has 2 aromatic carbocycles. The quantitative estimate of drug-likeness (QED) is 0.448. The Hall–Kier alpha value is -3.59. The van der Waals surface area contributed by atoms with Crippen molar-refractivity contribution in [2.45, 2.75) is 20.8 Å². The van der Waals surface area contributed by atoms with Gasteiger partial charge in [0, 0.05) is 17.6 Å². The van der Waals surface area contributed by atoms with Crippen LogP contribution < -0.4 is 16.4 Å². The maximum absolute atomic E-state index is 12.4. The molecule has 0 saturated heterocycles. The molecular formula is C20H20N4O2. The zero-order chi connectivity index (χ0) is 19.3. The first kappa shape index (κ1) is 18.7. The predicted molar refractivity (Wildman–Crippen MR) is 101 cm³/mol. The topological polar surface area (TPSA) is 108 Å². The van der Waals surface area contributed by atoms with Gasteiger partial charge in [0.1, 0.15) is 11.6 Å². The Balaban J connectivity index is 2.17. The van der Waals surface area contributed by atoms with Gasteiger partial charge >= 0.3 is 0 Å². The summed E-state index contributed by atoms with van der Waals surface area (Å²) in [6, 6.07) is 12.2. The molecule has 2 amide bonds. The van der Waals surface area contributed by atoms with Crippen LogP contribution in [0.3, 0.4) is 0 Å². The molecule has 0 aliphatic heterocycles. The standard InChI is InChI=1S/C20H20N4O2/c1-12-8-13(2)18(14(3)9-12)24-19(25)15(10-21)11-23-20(26)16-6-4-5-7-17(16)22/h4-9,11H,22H2,1-3H3,(H,23,26)(H,24,25)/b15-11-. The molecule has 2 aromatic rings. The van der Waals surface area contributed by atoms with Crippen molar-refractivity contribution in [2.75, 3.05) is 11.1 Å². The lowest BCUT2D eigenvalue weighted by molar-refractivity contribution is -0.112. The minimum atomic E-state index is -0.594. The Morgan fingerprint density at radius 2 is 1.73 bits per heavy atom. The molecule has 6 heteroatoms. The number of aryl methyl sites for hydroxylation is 3. The highest BCUT2D eigenvalue weighted by atomic mass is 16.2. The number of hydrogen-bond donors (Lipinski definition) is 3. The highest BCUT2D eigenvalue weighted by molar-refractivity contribution is 6.08. The molecule has 0 aliphatic carbocycles. The van der Waals surface area contributed by atoms with Gasteiger partial charge in [0.05, 0.1) is 5.56 Å². The molecule has 0 spiro atoms. The molecule has 6 nitrogen and oxygen atoms in total. The Bertz CT molecular complexity index is 916. The summed E-state index contributed by atoms with van der Waals surface area (Å²) in [7, 11) is 0. The van der Waals surface area contributed by atoms with Gasteiger partial charge in [-0.2, -0.15) is 5.26 Å². The third-order valence-corrected chi connectivity index (χ3v) is 3.83. The third kappa shape index (κ3) is 4.28. The van der Waals surface area contributed by atoms with Crippen molar-refractivity contribution in [1.82, 2.24) is 5.32 Å². The molecule has 0 aliphatic rings. The number of nitrogens with zero attached hydrogens (tertiary/aromatic N) is 1. The van der Waals surface area contributed by atoms with E-state index in [0.717, 1.165) is 22.9 Å². The van der Waals surface area contributed by atoms with Crippen LogP contribution in [0.15, 0.2) is 48.2 Å². The lowest BCUT2D eigenvalue weighted by atomic mass is 10.0. The molecule has 0 heterocycles. The first-order chi connectivity index (χ1) is 12.3. The van der Waals surface area contributed by atoms with Crippen molar-refractivity contribution in [2.24, 2.45) is 0 Å².